The third-order valence-corrected chi connectivity index (χ3v) is 4.50. The first kappa shape index (κ1) is 18.7. The minimum absolute atomic E-state index is 0.0785. The number of piperazine rings is 1. The van der Waals surface area contributed by atoms with Gasteiger partial charge >= 0.3 is 0 Å². The Morgan fingerprint density at radius 1 is 0.897 bits per heavy atom. The van der Waals surface area contributed by atoms with Gasteiger partial charge in [-0.2, -0.15) is 0 Å². The van der Waals surface area contributed by atoms with E-state index in [0.29, 0.717) is 24.9 Å². The number of carbonyl (C=O) groups excluding carboxylic acids is 1. The molecule has 3 heterocycles. The van der Waals surface area contributed by atoms with Gasteiger partial charge in [0.1, 0.15) is 0 Å². The summed E-state index contributed by atoms with van der Waals surface area (Å²) in [5.41, 5.74) is 0.217. The summed E-state index contributed by atoms with van der Waals surface area (Å²) in [4.78, 5) is 24.9. The highest BCUT2D eigenvalue weighted by Gasteiger charge is 2.20. The average molecular weight is 397 g/mol. The SMILES string of the molecule is O=C(Nc1ccc(F)c(F)c1)c1ccc(N2CCN(c3ncccn3)CC2)nn1. The number of nitrogens with one attached hydrogen (secondary N) is 1. The van der Waals surface area contributed by atoms with Crippen molar-refractivity contribution < 1.29 is 13.6 Å². The summed E-state index contributed by atoms with van der Waals surface area (Å²) >= 11 is 0. The molecule has 0 saturated carbocycles. The Balaban J connectivity index is 1.36. The highest BCUT2D eigenvalue weighted by atomic mass is 19.2. The normalized spacial score (nSPS) is 14.0. The molecule has 148 valence electrons. The van der Waals surface area contributed by atoms with Crippen LogP contribution in [-0.4, -0.2) is 52.3 Å². The van der Waals surface area contributed by atoms with Gasteiger partial charge in [0.2, 0.25) is 5.95 Å². The van der Waals surface area contributed by atoms with Gasteiger partial charge in [-0.15, -0.1) is 10.2 Å². The Hall–Kier alpha value is -3.69. The third kappa shape index (κ3) is 4.26. The minimum Gasteiger partial charge on any atom is -0.352 e. The summed E-state index contributed by atoms with van der Waals surface area (Å²) in [6, 6.07) is 8.16. The van der Waals surface area contributed by atoms with Gasteiger partial charge in [-0.25, -0.2) is 18.7 Å². The number of amides is 1. The Labute approximate surface area is 165 Å². The van der Waals surface area contributed by atoms with E-state index in [-0.39, 0.29) is 11.4 Å². The highest BCUT2D eigenvalue weighted by Crippen LogP contribution is 2.17. The van der Waals surface area contributed by atoms with Crippen molar-refractivity contribution in [2.24, 2.45) is 0 Å². The van der Waals surface area contributed by atoms with Crippen molar-refractivity contribution in [3.63, 3.8) is 0 Å². The van der Waals surface area contributed by atoms with Gasteiger partial charge in [0.25, 0.3) is 5.91 Å². The lowest BCUT2D eigenvalue weighted by Gasteiger charge is -2.35. The van der Waals surface area contributed by atoms with Crippen molar-refractivity contribution in [3.05, 3.63) is 66.1 Å². The molecule has 1 aromatic carbocycles. The Kier molecular flexibility index (Phi) is 5.23. The lowest BCUT2D eigenvalue weighted by Crippen LogP contribution is -2.47. The molecule has 0 spiro atoms. The fourth-order valence-electron chi connectivity index (χ4n) is 2.97. The number of rotatable bonds is 4. The molecular weight excluding hydrogens is 380 g/mol. The number of anilines is 3. The highest BCUT2D eigenvalue weighted by molar-refractivity contribution is 6.02. The molecular formula is C19H17F2N7O. The maximum absolute atomic E-state index is 13.3. The molecule has 1 aliphatic rings. The van der Waals surface area contributed by atoms with Crippen molar-refractivity contribution in [3.8, 4) is 0 Å². The molecule has 0 aliphatic carbocycles. The van der Waals surface area contributed by atoms with E-state index in [9.17, 15) is 13.6 Å². The monoisotopic (exact) mass is 397 g/mol. The molecule has 0 bridgehead atoms. The number of hydrogen-bond donors (Lipinski definition) is 1. The van der Waals surface area contributed by atoms with Crippen LogP contribution in [0.5, 0.6) is 0 Å². The second kappa shape index (κ2) is 8.13. The number of nitrogens with zero attached hydrogens (tertiary/aromatic N) is 6. The number of benzene rings is 1. The average Bonchev–Trinajstić information content (AvgIpc) is 2.77. The second-order valence-corrected chi connectivity index (χ2v) is 6.38. The molecule has 2 aromatic heterocycles. The predicted molar refractivity (Wildman–Crippen MR) is 103 cm³/mol. The fourth-order valence-corrected chi connectivity index (χ4v) is 2.97. The van der Waals surface area contributed by atoms with Crippen molar-refractivity contribution in [2.45, 2.75) is 0 Å². The Morgan fingerprint density at radius 3 is 2.28 bits per heavy atom. The van der Waals surface area contributed by atoms with Crippen LogP contribution in [0, 0.1) is 11.6 Å². The molecule has 4 rings (SSSR count). The van der Waals surface area contributed by atoms with E-state index >= 15 is 0 Å². The Morgan fingerprint density at radius 2 is 1.62 bits per heavy atom. The Bertz CT molecular complexity index is 993. The molecule has 1 N–H and O–H groups in total. The van der Waals surface area contributed by atoms with E-state index in [0.717, 1.165) is 25.2 Å². The van der Waals surface area contributed by atoms with Crippen LogP contribution in [0.4, 0.5) is 26.2 Å². The summed E-state index contributed by atoms with van der Waals surface area (Å²) in [6.07, 6.45) is 3.43. The first-order valence-electron chi connectivity index (χ1n) is 8.97. The van der Waals surface area contributed by atoms with Gasteiger partial charge in [0.05, 0.1) is 0 Å². The molecule has 29 heavy (non-hydrogen) atoms. The van der Waals surface area contributed by atoms with Crippen LogP contribution >= 0.6 is 0 Å². The van der Waals surface area contributed by atoms with E-state index < -0.39 is 17.5 Å². The predicted octanol–water partition coefficient (Wildman–Crippen LogP) is 2.12. The summed E-state index contributed by atoms with van der Waals surface area (Å²) in [5, 5.41) is 10.6. The van der Waals surface area contributed by atoms with Crippen molar-refractivity contribution in [1.29, 1.82) is 0 Å². The van der Waals surface area contributed by atoms with Crippen molar-refractivity contribution in [1.82, 2.24) is 20.2 Å². The standard InChI is InChI=1S/C19H17F2N7O/c20-14-3-2-13(12-15(14)21)24-18(29)16-4-5-17(26-25-16)27-8-10-28(11-9-27)19-22-6-1-7-23-19/h1-7,12H,8-11H2,(H,24,29). The fraction of sp³-hybridized carbons (Fsp3) is 0.211. The first-order chi connectivity index (χ1) is 14.1. The van der Waals surface area contributed by atoms with E-state index in [1.165, 1.54) is 6.07 Å². The second-order valence-electron chi connectivity index (χ2n) is 6.38. The lowest BCUT2D eigenvalue weighted by atomic mass is 10.2. The summed E-state index contributed by atoms with van der Waals surface area (Å²) in [5.74, 6) is -1.22. The van der Waals surface area contributed by atoms with Gasteiger partial charge < -0.3 is 15.1 Å². The summed E-state index contributed by atoms with van der Waals surface area (Å²) < 4.78 is 26.2. The topological polar surface area (TPSA) is 87.1 Å². The quantitative estimate of drug-likeness (QED) is 0.722. The van der Waals surface area contributed by atoms with Crippen LogP contribution in [-0.2, 0) is 0 Å². The van der Waals surface area contributed by atoms with Crippen LogP contribution < -0.4 is 15.1 Å². The molecule has 1 aliphatic heterocycles. The maximum Gasteiger partial charge on any atom is 0.276 e. The van der Waals surface area contributed by atoms with Gasteiger partial charge in [0.15, 0.2) is 23.1 Å². The summed E-state index contributed by atoms with van der Waals surface area (Å²) in [6.45, 7) is 2.91. The van der Waals surface area contributed by atoms with Crippen LogP contribution in [0.3, 0.4) is 0 Å². The molecule has 1 amide bonds. The van der Waals surface area contributed by atoms with Crippen LogP contribution in [0.15, 0.2) is 48.8 Å². The zero-order valence-corrected chi connectivity index (χ0v) is 15.3. The molecule has 8 nitrogen and oxygen atoms in total. The first-order valence-corrected chi connectivity index (χ1v) is 8.97. The zero-order chi connectivity index (χ0) is 20.2. The molecule has 1 fully saturated rings. The van der Waals surface area contributed by atoms with Crippen LogP contribution in [0.2, 0.25) is 0 Å². The molecule has 10 heteroatoms. The number of carbonyl (C=O) groups is 1. The maximum atomic E-state index is 13.3. The van der Waals surface area contributed by atoms with Crippen LogP contribution in [0.25, 0.3) is 0 Å². The minimum atomic E-state index is -1.04. The van der Waals surface area contributed by atoms with Gasteiger partial charge in [-0.05, 0) is 30.3 Å². The molecule has 0 radical (unpaired) electrons. The lowest BCUT2D eigenvalue weighted by molar-refractivity contribution is 0.102. The van der Waals surface area contributed by atoms with Crippen LogP contribution in [0.1, 0.15) is 10.5 Å². The van der Waals surface area contributed by atoms with E-state index in [1.54, 1.807) is 30.6 Å². The smallest absolute Gasteiger partial charge is 0.276 e. The van der Waals surface area contributed by atoms with E-state index in [1.807, 2.05) is 0 Å². The number of hydrogen-bond acceptors (Lipinski definition) is 7. The van der Waals surface area contributed by atoms with Crippen molar-refractivity contribution in [2.75, 3.05) is 41.3 Å². The molecule has 1 saturated heterocycles. The van der Waals surface area contributed by atoms with Gasteiger partial charge in [-0.1, -0.05) is 0 Å². The third-order valence-electron chi connectivity index (χ3n) is 4.50. The number of aromatic nitrogens is 4. The molecule has 3 aromatic rings. The number of halogens is 2. The zero-order valence-electron chi connectivity index (χ0n) is 15.3. The largest absolute Gasteiger partial charge is 0.352 e. The van der Waals surface area contributed by atoms with Gasteiger partial charge in [0, 0.05) is 50.3 Å². The van der Waals surface area contributed by atoms with Crippen molar-refractivity contribution >= 4 is 23.4 Å². The molecule has 0 unspecified atom stereocenters. The van der Waals surface area contributed by atoms with Gasteiger partial charge in [-0.3, -0.25) is 4.79 Å². The van der Waals surface area contributed by atoms with E-state index in [4.69, 9.17) is 0 Å². The van der Waals surface area contributed by atoms with E-state index in [2.05, 4.69) is 35.3 Å². The summed E-state index contributed by atoms with van der Waals surface area (Å²) in [7, 11) is 0. The molecule has 0 atom stereocenters.